The van der Waals surface area contributed by atoms with Gasteiger partial charge in [0, 0.05) is 0 Å². The summed E-state index contributed by atoms with van der Waals surface area (Å²) in [6.45, 7) is 10.4. The summed E-state index contributed by atoms with van der Waals surface area (Å²) in [5.74, 6) is 0.990. The van der Waals surface area contributed by atoms with Gasteiger partial charge in [0.2, 0.25) is 6.08 Å². The summed E-state index contributed by atoms with van der Waals surface area (Å²) in [4.78, 5) is 38.8. The lowest BCUT2D eigenvalue weighted by Crippen LogP contribution is -2.25. The summed E-state index contributed by atoms with van der Waals surface area (Å²) in [5.41, 5.74) is 2.80. The average Bonchev–Trinajstić information content (AvgIpc) is 3.01. The number of carbonyl (C=O) groups is 2. The molecule has 44 heavy (non-hydrogen) atoms. The van der Waals surface area contributed by atoms with Crippen molar-refractivity contribution in [3.8, 4) is 22.6 Å². The molecule has 0 fully saturated rings. The van der Waals surface area contributed by atoms with E-state index in [4.69, 9.17) is 23.7 Å². The van der Waals surface area contributed by atoms with E-state index in [1.807, 2.05) is 38.1 Å². The maximum absolute atomic E-state index is 12.6. The normalized spacial score (nSPS) is 11.6. The molecule has 0 heterocycles. The fourth-order valence-corrected chi connectivity index (χ4v) is 4.35. The minimum Gasteiger partial charge on any atom is -0.491 e. The van der Waals surface area contributed by atoms with Gasteiger partial charge < -0.3 is 23.7 Å². The molecule has 9 heteroatoms. The maximum atomic E-state index is 12.6. The van der Waals surface area contributed by atoms with Crippen LogP contribution in [-0.4, -0.2) is 57.7 Å². The van der Waals surface area contributed by atoms with Gasteiger partial charge in [-0.2, -0.15) is 4.99 Å². The van der Waals surface area contributed by atoms with Crippen LogP contribution in [0.4, 0.5) is 5.69 Å². The molecule has 0 aliphatic rings. The summed E-state index contributed by atoms with van der Waals surface area (Å²) in [5, 5.41) is 0. The number of isocyanates is 1. The monoisotopic (exact) mass is 603 g/mol. The van der Waals surface area contributed by atoms with Gasteiger partial charge in [-0.05, 0) is 77.9 Å². The predicted molar refractivity (Wildman–Crippen MR) is 167 cm³/mol. The Labute approximate surface area is 259 Å². The average molecular weight is 604 g/mol. The molecule has 0 spiro atoms. The van der Waals surface area contributed by atoms with Gasteiger partial charge >= 0.3 is 11.9 Å². The lowest BCUT2D eigenvalue weighted by Gasteiger charge is -2.21. The Kier molecular flexibility index (Phi) is 14.3. The number of benzene rings is 3. The minimum absolute atomic E-state index is 0.0870. The second-order valence-electron chi connectivity index (χ2n) is 10.9. The molecule has 3 rings (SSSR count). The Balaban J connectivity index is 1.28. The molecule has 3 aromatic carbocycles. The van der Waals surface area contributed by atoms with E-state index in [0.29, 0.717) is 61.7 Å². The maximum Gasteiger partial charge on any atom is 0.343 e. The molecule has 0 aliphatic carbocycles. The van der Waals surface area contributed by atoms with Crippen LogP contribution in [0.15, 0.2) is 77.8 Å². The van der Waals surface area contributed by atoms with Crippen molar-refractivity contribution in [2.75, 3.05) is 39.6 Å². The van der Waals surface area contributed by atoms with Crippen molar-refractivity contribution in [3.05, 3.63) is 78.4 Å². The Bertz CT molecular complexity index is 1340. The highest BCUT2D eigenvalue weighted by Crippen LogP contribution is 2.25. The van der Waals surface area contributed by atoms with Crippen LogP contribution in [0.2, 0.25) is 0 Å². The van der Waals surface area contributed by atoms with Crippen molar-refractivity contribution in [3.63, 3.8) is 0 Å². The molecule has 1 atom stereocenters. The molecule has 9 nitrogen and oxygen atoms in total. The molecule has 1 unspecified atom stereocenters. The fourth-order valence-electron chi connectivity index (χ4n) is 4.35. The van der Waals surface area contributed by atoms with E-state index in [1.54, 1.807) is 48.5 Å². The van der Waals surface area contributed by atoms with Gasteiger partial charge in [0.05, 0.1) is 43.6 Å². The molecule has 0 bridgehead atoms. The van der Waals surface area contributed by atoms with Crippen LogP contribution in [0.1, 0.15) is 44.5 Å². The van der Waals surface area contributed by atoms with E-state index < -0.39 is 5.97 Å². The van der Waals surface area contributed by atoms with Crippen molar-refractivity contribution in [1.29, 1.82) is 0 Å². The number of carbonyl (C=O) groups excluding carboxylic acids is 3. The number of hydrogen-bond donors (Lipinski definition) is 0. The molecular formula is C35H41NO8. The molecular weight excluding hydrogens is 562 g/mol. The Morgan fingerprint density at radius 1 is 0.705 bits per heavy atom. The first-order valence-corrected chi connectivity index (χ1v) is 14.8. The fraction of sp³-hybridized carbons (Fsp3) is 0.400. The van der Waals surface area contributed by atoms with Crippen LogP contribution in [0.3, 0.4) is 0 Å². The molecule has 0 N–H and O–H groups in total. The molecule has 0 aromatic heterocycles. The molecule has 234 valence electrons. The van der Waals surface area contributed by atoms with Gasteiger partial charge in [-0.15, -0.1) is 0 Å². The van der Waals surface area contributed by atoms with E-state index in [-0.39, 0.29) is 24.4 Å². The second-order valence-corrected chi connectivity index (χ2v) is 10.9. The van der Waals surface area contributed by atoms with Crippen LogP contribution >= 0.6 is 0 Å². The van der Waals surface area contributed by atoms with Crippen molar-refractivity contribution >= 4 is 23.7 Å². The van der Waals surface area contributed by atoms with Gasteiger partial charge in [0.1, 0.15) is 24.7 Å². The highest BCUT2D eigenvalue weighted by Gasteiger charge is 2.24. The first kappa shape index (κ1) is 34.2. The number of nitrogens with zero attached hydrogens (tertiary/aromatic N) is 1. The standard InChI is InChI=1S/C35H41NO8/c1-25(2)23-33(26(3)4)35(39)43-22-20-41-18-17-40-19-21-42-31-13-9-29(10-14-31)34(38)44-32-15-7-28(8-16-32)27-5-11-30(12-6-27)36-24-37/h5-16,25-26,33H,17-23H2,1-4H3. The lowest BCUT2D eigenvalue weighted by molar-refractivity contribution is -0.152. The topological polar surface area (TPSA) is 110 Å². The quantitative estimate of drug-likeness (QED) is 0.0513. The predicted octanol–water partition coefficient (Wildman–Crippen LogP) is 6.81. The number of aliphatic imine (C=N–C) groups is 1. The molecule has 3 aromatic rings. The molecule has 0 amide bonds. The summed E-state index contributed by atoms with van der Waals surface area (Å²) in [7, 11) is 0. The zero-order valence-electron chi connectivity index (χ0n) is 25.8. The van der Waals surface area contributed by atoms with Crippen molar-refractivity contribution < 1.29 is 38.1 Å². The number of esters is 2. The molecule has 0 radical (unpaired) electrons. The van der Waals surface area contributed by atoms with Crippen LogP contribution in [0.25, 0.3) is 11.1 Å². The van der Waals surface area contributed by atoms with Gasteiger partial charge in [-0.1, -0.05) is 52.0 Å². The second kappa shape index (κ2) is 18.4. The summed E-state index contributed by atoms with van der Waals surface area (Å²) >= 11 is 0. The molecule has 0 saturated heterocycles. The van der Waals surface area contributed by atoms with E-state index in [1.165, 1.54) is 6.08 Å². The van der Waals surface area contributed by atoms with Gasteiger partial charge in [-0.3, -0.25) is 4.79 Å². The van der Waals surface area contributed by atoms with Gasteiger partial charge in [0.15, 0.2) is 0 Å². The smallest absolute Gasteiger partial charge is 0.343 e. The lowest BCUT2D eigenvalue weighted by atomic mass is 9.88. The first-order chi connectivity index (χ1) is 21.3. The minimum atomic E-state index is -0.478. The highest BCUT2D eigenvalue weighted by molar-refractivity contribution is 5.91. The third-order valence-corrected chi connectivity index (χ3v) is 6.70. The number of ether oxygens (including phenoxy) is 5. The van der Waals surface area contributed by atoms with E-state index >= 15 is 0 Å². The van der Waals surface area contributed by atoms with E-state index in [9.17, 15) is 14.4 Å². The zero-order valence-corrected chi connectivity index (χ0v) is 25.8. The van der Waals surface area contributed by atoms with Crippen LogP contribution in [-0.2, 0) is 23.8 Å². The molecule has 0 aliphatic heterocycles. The highest BCUT2D eigenvalue weighted by atomic mass is 16.6. The first-order valence-electron chi connectivity index (χ1n) is 14.8. The van der Waals surface area contributed by atoms with Crippen LogP contribution in [0.5, 0.6) is 11.5 Å². The van der Waals surface area contributed by atoms with Crippen LogP contribution in [0, 0.1) is 17.8 Å². The SMILES string of the molecule is CC(C)CC(C(=O)OCCOCCOCCOc1ccc(C(=O)Oc2ccc(-c3ccc(N=C=O)cc3)cc2)cc1)C(C)C. The zero-order chi connectivity index (χ0) is 31.7. The molecule has 0 saturated carbocycles. The summed E-state index contributed by atoms with van der Waals surface area (Å²) in [6, 6.07) is 21.0. The Morgan fingerprint density at radius 3 is 1.82 bits per heavy atom. The Morgan fingerprint density at radius 2 is 1.25 bits per heavy atom. The van der Waals surface area contributed by atoms with E-state index in [0.717, 1.165) is 17.5 Å². The largest absolute Gasteiger partial charge is 0.491 e. The summed E-state index contributed by atoms with van der Waals surface area (Å²) < 4.78 is 27.6. The summed E-state index contributed by atoms with van der Waals surface area (Å²) in [6.07, 6.45) is 2.34. The Hall–Kier alpha value is -4.30. The van der Waals surface area contributed by atoms with Crippen molar-refractivity contribution in [2.24, 2.45) is 22.7 Å². The van der Waals surface area contributed by atoms with Crippen molar-refractivity contribution in [2.45, 2.75) is 34.1 Å². The third kappa shape index (κ3) is 11.8. The number of rotatable bonds is 18. The number of hydrogen-bond acceptors (Lipinski definition) is 9. The van der Waals surface area contributed by atoms with Gasteiger partial charge in [0.25, 0.3) is 0 Å². The van der Waals surface area contributed by atoms with Crippen LogP contribution < -0.4 is 9.47 Å². The third-order valence-electron chi connectivity index (χ3n) is 6.70. The van der Waals surface area contributed by atoms with Gasteiger partial charge in [-0.25, -0.2) is 9.59 Å². The van der Waals surface area contributed by atoms with E-state index in [2.05, 4.69) is 18.8 Å². The van der Waals surface area contributed by atoms with Crippen molar-refractivity contribution in [1.82, 2.24) is 0 Å².